The standard InChI is InChI=1S/C27H35FN4O3/c1-34-18-20-16-29-27(30-17-20)32-10-5-21(6-11-32)23-15-22(23)7-12-35-25-4-3-19(13-24(25)28)14-26(33)31-8-2-9-31/h3-4,13,16-17,21-23H,2,5-12,14-15,18H2,1H3/t22-,23-/m1/s1. The van der Waals surface area contributed by atoms with E-state index in [1.165, 1.54) is 12.5 Å². The van der Waals surface area contributed by atoms with Crippen LogP contribution in [0.1, 0.15) is 43.2 Å². The number of rotatable bonds is 10. The summed E-state index contributed by atoms with van der Waals surface area (Å²) < 4.78 is 25.4. The van der Waals surface area contributed by atoms with Crippen molar-refractivity contribution in [2.75, 3.05) is 44.8 Å². The number of carbonyl (C=O) groups excluding carboxylic acids is 1. The minimum absolute atomic E-state index is 0.0717. The predicted molar refractivity (Wildman–Crippen MR) is 131 cm³/mol. The maximum absolute atomic E-state index is 14.5. The molecular formula is C27H35FN4O3. The number of likely N-dealkylation sites (tertiary alicyclic amines) is 1. The van der Waals surface area contributed by atoms with Gasteiger partial charge in [0.2, 0.25) is 11.9 Å². The van der Waals surface area contributed by atoms with E-state index in [9.17, 15) is 9.18 Å². The highest BCUT2D eigenvalue weighted by Crippen LogP contribution is 2.49. The van der Waals surface area contributed by atoms with E-state index >= 15 is 0 Å². The van der Waals surface area contributed by atoms with Crippen molar-refractivity contribution >= 4 is 11.9 Å². The van der Waals surface area contributed by atoms with Crippen LogP contribution < -0.4 is 9.64 Å². The Bertz CT molecular complexity index is 1010. The molecule has 35 heavy (non-hydrogen) atoms. The Morgan fingerprint density at radius 3 is 2.54 bits per heavy atom. The number of ether oxygens (including phenoxy) is 2. The number of carbonyl (C=O) groups is 1. The van der Waals surface area contributed by atoms with E-state index in [1.54, 1.807) is 19.2 Å². The van der Waals surface area contributed by atoms with Gasteiger partial charge in [0.05, 0.1) is 19.6 Å². The molecule has 2 aliphatic heterocycles. The van der Waals surface area contributed by atoms with Crippen molar-refractivity contribution in [2.45, 2.75) is 45.1 Å². The lowest BCUT2D eigenvalue weighted by Gasteiger charge is -2.32. The van der Waals surface area contributed by atoms with Gasteiger partial charge in [0, 0.05) is 51.2 Å². The highest BCUT2D eigenvalue weighted by atomic mass is 19.1. The summed E-state index contributed by atoms with van der Waals surface area (Å²) in [6.07, 6.45) is 9.54. The van der Waals surface area contributed by atoms with Crippen LogP contribution in [0.25, 0.3) is 0 Å². The van der Waals surface area contributed by atoms with Gasteiger partial charge in [-0.1, -0.05) is 6.07 Å². The molecule has 0 N–H and O–H groups in total. The number of methoxy groups -OCH3 is 1. The Balaban J connectivity index is 1.01. The normalized spacial score (nSPS) is 22.1. The molecule has 2 atom stereocenters. The highest BCUT2D eigenvalue weighted by Gasteiger charge is 2.43. The lowest BCUT2D eigenvalue weighted by atomic mass is 9.90. The summed E-state index contributed by atoms with van der Waals surface area (Å²) in [5.74, 6) is 2.95. The van der Waals surface area contributed by atoms with Crippen LogP contribution >= 0.6 is 0 Å². The molecule has 3 aliphatic rings. The number of nitrogens with zero attached hydrogens (tertiary/aromatic N) is 4. The molecule has 3 heterocycles. The van der Waals surface area contributed by atoms with E-state index in [0.717, 1.165) is 75.2 Å². The van der Waals surface area contributed by atoms with Crippen LogP contribution in [0.5, 0.6) is 5.75 Å². The average molecular weight is 483 g/mol. The number of anilines is 1. The molecule has 1 aromatic heterocycles. The first kappa shape index (κ1) is 24.0. The van der Waals surface area contributed by atoms with Gasteiger partial charge in [-0.15, -0.1) is 0 Å². The molecule has 1 amide bonds. The molecule has 8 heteroatoms. The molecular weight excluding hydrogens is 447 g/mol. The van der Waals surface area contributed by atoms with Crippen LogP contribution in [-0.2, 0) is 22.6 Å². The monoisotopic (exact) mass is 482 g/mol. The van der Waals surface area contributed by atoms with Crippen LogP contribution in [0.3, 0.4) is 0 Å². The van der Waals surface area contributed by atoms with Gasteiger partial charge in [0.15, 0.2) is 11.6 Å². The van der Waals surface area contributed by atoms with Crippen LogP contribution in [0, 0.1) is 23.6 Å². The summed E-state index contributed by atoms with van der Waals surface area (Å²) >= 11 is 0. The fraction of sp³-hybridized carbons (Fsp3) is 0.593. The molecule has 0 spiro atoms. The lowest BCUT2D eigenvalue weighted by Crippen LogP contribution is -2.42. The van der Waals surface area contributed by atoms with Crippen molar-refractivity contribution in [1.82, 2.24) is 14.9 Å². The van der Waals surface area contributed by atoms with E-state index in [-0.39, 0.29) is 23.9 Å². The first-order chi connectivity index (χ1) is 17.1. The number of aromatic nitrogens is 2. The van der Waals surface area contributed by atoms with Crippen LogP contribution in [0.2, 0.25) is 0 Å². The third kappa shape index (κ3) is 5.92. The quantitative estimate of drug-likeness (QED) is 0.512. The summed E-state index contributed by atoms with van der Waals surface area (Å²) in [6.45, 7) is 4.69. The van der Waals surface area contributed by atoms with Crippen molar-refractivity contribution in [3.05, 3.63) is 47.5 Å². The number of benzene rings is 1. The van der Waals surface area contributed by atoms with Crippen LogP contribution in [-0.4, -0.2) is 60.7 Å². The average Bonchev–Trinajstić information content (AvgIpc) is 3.60. The zero-order chi connectivity index (χ0) is 24.2. The topological polar surface area (TPSA) is 67.8 Å². The molecule has 3 fully saturated rings. The summed E-state index contributed by atoms with van der Waals surface area (Å²) in [7, 11) is 1.67. The van der Waals surface area contributed by atoms with E-state index in [1.807, 2.05) is 17.3 Å². The van der Waals surface area contributed by atoms with Crippen LogP contribution in [0.15, 0.2) is 30.6 Å². The summed E-state index contributed by atoms with van der Waals surface area (Å²) in [4.78, 5) is 25.2. The van der Waals surface area contributed by atoms with Gasteiger partial charge in [0.25, 0.3) is 0 Å². The molecule has 1 saturated carbocycles. The Morgan fingerprint density at radius 1 is 1.11 bits per heavy atom. The molecule has 2 aromatic rings. The molecule has 0 radical (unpaired) electrons. The smallest absolute Gasteiger partial charge is 0.226 e. The maximum Gasteiger partial charge on any atom is 0.226 e. The second-order valence-electron chi connectivity index (χ2n) is 10.1. The molecule has 0 unspecified atom stereocenters. The molecule has 188 valence electrons. The number of hydrogen-bond acceptors (Lipinski definition) is 6. The minimum atomic E-state index is -0.379. The summed E-state index contributed by atoms with van der Waals surface area (Å²) in [6, 6.07) is 4.91. The Kier molecular flexibility index (Phi) is 7.46. The number of halogens is 1. The van der Waals surface area contributed by atoms with E-state index in [2.05, 4.69) is 14.9 Å². The van der Waals surface area contributed by atoms with Crippen LogP contribution in [0.4, 0.5) is 10.3 Å². The van der Waals surface area contributed by atoms with Gasteiger partial charge in [-0.25, -0.2) is 14.4 Å². The third-order valence-electron chi connectivity index (χ3n) is 7.71. The molecule has 2 saturated heterocycles. The second-order valence-corrected chi connectivity index (χ2v) is 10.1. The molecule has 0 bridgehead atoms. The summed E-state index contributed by atoms with van der Waals surface area (Å²) in [5.41, 5.74) is 1.69. The second kappa shape index (κ2) is 10.9. The van der Waals surface area contributed by atoms with Crippen molar-refractivity contribution in [3.8, 4) is 5.75 Å². The van der Waals surface area contributed by atoms with Gasteiger partial charge >= 0.3 is 0 Å². The Hall–Kier alpha value is -2.74. The molecule has 5 rings (SSSR count). The highest BCUT2D eigenvalue weighted by molar-refractivity contribution is 5.79. The van der Waals surface area contributed by atoms with Gasteiger partial charge < -0.3 is 19.3 Å². The third-order valence-corrected chi connectivity index (χ3v) is 7.71. The Morgan fingerprint density at radius 2 is 1.89 bits per heavy atom. The van der Waals surface area contributed by atoms with Gasteiger partial charge in [-0.05, 0) is 67.6 Å². The SMILES string of the molecule is COCc1cnc(N2CCC([C@H]3C[C@H]3CCOc3ccc(CC(=O)N4CCC4)cc3F)CC2)nc1. The zero-order valence-electron chi connectivity index (χ0n) is 20.5. The molecule has 1 aliphatic carbocycles. The summed E-state index contributed by atoms with van der Waals surface area (Å²) in [5, 5.41) is 0. The number of amides is 1. The number of piperidine rings is 1. The first-order valence-corrected chi connectivity index (χ1v) is 12.8. The minimum Gasteiger partial charge on any atom is -0.491 e. The van der Waals surface area contributed by atoms with E-state index in [0.29, 0.717) is 24.7 Å². The van der Waals surface area contributed by atoms with E-state index < -0.39 is 0 Å². The Labute approximate surface area is 206 Å². The fourth-order valence-electron chi connectivity index (χ4n) is 5.40. The maximum atomic E-state index is 14.5. The van der Waals surface area contributed by atoms with Gasteiger partial charge in [-0.2, -0.15) is 0 Å². The van der Waals surface area contributed by atoms with Crippen molar-refractivity contribution < 1.29 is 18.7 Å². The van der Waals surface area contributed by atoms with Crippen molar-refractivity contribution in [2.24, 2.45) is 17.8 Å². The van der Waals surface area contributed by atoms with Crippen molar-refractivity contribution in [1.29, 1.82) is 0 Å². The van der Waals surface area contributed by atoms with E-state index in [4.69, 9.17) is 9.47 Å². The zero-order valence-corrected chi connectivity index (χ0v) is 20.5. The number of hydrogen-bond donors (Lipinski definition) is 0. The fourth-order valence-corrected chi connectivity index (χ4v) is 5.40. The van der Waals surface area contributed by atoms with Crippen molar-refractivity contribution in [3.63, 3.8) is 0 Å². The molecule has 1 aromatic carbocycles. The predicted octanol–water partition coefficient (Wildman–Crippen LogP) is 3.86. The van der Waals surface area contributed by atoms with Gasteiger partial charge in [0.1, 0.15) is 0 Å². The largest absolute Gasteiger partial charge is 0.491 e. The van der Waals surface area contributed by atoms with Gasteiger partial charge in [-0.3, -0.25) is 4.79 Å². The lowest BCUT2D eigenvalue weighted by molar-refractivity contribution is -0.133. The first-order valence-electron chi connectivity index (χ1n) is 12.8. The molecule has 7 nitrogen and oxygen atoms in total.